The number of carbonyl (C=O) groups is 1. The normalized spacial score (nSPS) is 10.2. The third-order valence-electron chi connectivity index (χ3n) is 2.95. The van der Waals surface area contributed by atoms with Crippen LogP contribution < -0.4 is 0 Å². The van der Waals surface area contributed by atoms with Crippen molar-refractivity contribution >= 4 is 5.91 Å². The molecule has 2 rings (SSSR count). The zero-order chi connectivity index (χ0) is 14.2. The molecule has 0 N–H and O–H groups in total. The first kappa shape index (κ1) is 14.2. The Kier molecular flexibility index (Phi) is 5.26. The summed E-state index contributed by atoms with van der Waals surface area (Å²) < 4.78 is 5.08. The lowest BCUT2D eigenvalue weighted by atomic mass is 10.2. The molecule has 0 radical (unpaired) electrons. The lowest BCUT2D eigenvalue weighted by Crippen LogP contribution is -2.33. The van der Waals surface area contributed by atoms with Gasteiger partial charge in [-0.2, -0.15) is 0 Å². The number of aromatic nitrogens is 1. The highest BCUT2D eigenvalue weighted by Gasteiger charge is 2.15. The van der Waals surface area contributed by atoms with Crippen LogP contribution in [0.25, 0.3) is 0 Å². The summed E-state index contributed by atoms with van der Waals surface area (Å²) >= 11 is 0. The third-order valence-corrected chi connectivity index (χ3v) is 2.95. The molecule has 0 spiro atoms. The van der Waals surface area contributed by atoms with Crippen LogP contribution in [0.4, 0.5) is 0 Å². The van der Waals surface area contributed by atoms with E-state index in [0.717, 1.165) is 5.69 Å². The van der Waals surface area contributed by atoms with Crippen LogP contribution in [0.2, 0.25) is 0 Å². The lowest BCUT2D eigenvalue weighted by molar-refractivity contribution is 0.0678. The molecule has 0 bridgehead atoms. The van der Waals surface area contributed by atoms with Crippen LogP contribution in [0, 0.1) is 0 Å². The molecule has 0 atom stereocenters. The molecule has 1 aromatic heterocycles. The number of pyridine rings is 1. The smallest absolute Gasteiger partial charge is 0.254 e. The van der Waals surface area contributed by atoms with E-state index in [1.54, 1.807) is 18.2 Å². The monoisotopic (exact) mass is 270 g/mol. The third kappa shape index (κ3) is 3.90. The fourth-order valence-corrected chi connectivity index (χ4v) is 1.90. The summed E-state index contributed by atoms with van der Waals surface area (Å²) in [5, 5.41) is 0. The maximum atomic E-state index is 12.5. The topological polar surface area (TPSA) is 42.4 Å². The van der Waals surface area contributed by atoms with Crippen LogP contribution in [-0.2, 0) is 11.3 Å². The van der Waals surface area contributed by atoms with Crippen LogP contribution in [-0.4, -0.2) is 36.1 Å². The highest BCUT2D eigenvalue weighted by atomic mass is 16.5. The summed E-state index contributed by atoms with van der Waals surface area (Å²) in [6.45, 7) is 1.53. The van der Waals surface area contributed by atoms with Gasteiger partial charge in [-0.05, 0) is 24.3 Å². The Morgan fingerprint density at radius 2 is 1.90 bits per heavy atom. The maximum Gasteiger partial charge on any atom is 0.254 e. The number of benzene rings is 1. The average Bonchev–Trinajstić information content (AvgIpc) is 2.52. The van der Waals surface area contributed by atoms with Crippen molar-refractivity contribution in [3.05, 3.63) is 66.0 Å². The summed E-state index contributed by atoms with van der Waals surface area (Å²) in [4.78, 5) is 18.5. The number of amides is 1. The molecule has 0 saturated carbocycles. The Labute approximate surface area is 119 Å². The molecular formula is C16H18N2O2. The number of carbonyl (C=O) groups excluding carboxylic acids is 1. The van der Waals surface area contributed by atoms with Gasteiger partial charge in [0.2, 0.25) is 0 Å². The second-order valence-corrected chi connectivity index (χ2v) is 4.41. The van der Waals surface area contributed by atoms with Gasteiger partial charge in [-0.3, -0.25) is 9.78 Å². The number of methoxy groups -OCH3 is 1. The van der Waals surface area contributed by atoms with Crippen molar-refractivity contribution in [3.63, 3.8) is 0 Å². The Hall–Kier alpha value is -2.20. The van der Waals surface area contributed by atoms with Crippen molar-refractivity contribution < 1.29 is 9.53 Å². The molecule has 0 aliphatic heterocycles. The van der Waals surface area contributed by atoms with E-state index in [-0.39, 0.29) is 5.91 Å². The minimum Gasteiger partial charge on any atom is -0.383 e. The molecule has 0 aliphatic carbocycles. The molecule has 0 saturated heterocycles. The van der Waals surface area contributed by atoms with Gasteiger partial charge in [0.1, 0.15) is 0 Å². The van der Waals surface area contributed by atoms with Crippen molar-refractivity contribution in [2.45, 2.75) is 6.54 Å². The van der Waals surface area contributed by atoms with E-state index in [4.69, 9.17) is 4.74 Å². The lowest BCUT2D eigenvalue weighted by Gasteiger charge is -2.22. The predicted octanol–water partition coefficient (Wildman–Crippen LogP) is 2.37. The van der Waals surface area contributed by atoms with Gasteiger partial charge in [-0.25, -0.2) is 0 Å². The van der Waals surface area contributed by atoms with E-state index in [0.29, 0.717) is 25.3 Å². The van der Waals surface area contributed by atoms with Gasteiger partial charge in [0.15, 0.2) is 0 Å². The molecule has 104 valence electrons. The average molecular weight is 270 g/mol. The molecule has 0 aliphatic rings. The fourth-order valence-electron chi connectivity index (χ4n) is 1.90. The molecular weight excluding hydrogens is 252 g/mol. The van der Waals surface area contributed by atoms with E-state index in [1.165, 1.54) is 0 Å². The summed E-state index contributed by atoms with van der Waals surface area (Å²) in [5.74, 6) is -0.00620. The van der Waals surface area contributed by atoms with Crippen LogP contribution in [0.1, 0.15) is 16.1 Å². The maximum absolute atomic E-state index is 12.5. The number of hydrogen-bond donors (Lipinski definition) is 0. The van der Waals surface area contributed by atoms with Crippen molar-refractivity contribution in [1.82, 2.24) is 9.88 Å². The minimum atomic E-state index is -0.00620. The van der Waals surface area contributed by atoms with E-state index in [2.05, 4.69) is 4.98 Å². The number of rotatable bonds is 6. The van der Waals surface area contributed by atoms with Crippen LogP contribution in [0.15, 0.2) is 54.7 Å². The van der Waals surface area contributed by atoms with Crippen molar-refractivity contribution in [3.8, 4) is 0 Å². The molecule has 1 amide bonds. The summed E-state index contributed by atoms with van der Waals surface area (Å²) in [6.07, 6.45) is 1.73. The van der Waals surface area contributed by atoms with E-state index in [1.807, 2.05) is 48.5 Å². The summed E-state index contributed by atoms with van der Waals surface area (Å²) in [7, 11) is 1.63. The van der Waals surface area contributed by atoms with Gasteiger partial charge in [0.05, 0.1) is 18.8 Å². The van der Waals surface area contributed by atoms with Crippen LogP contribution in [0.3, 0.4) is 0 Å². The Morgan fingerprint density at radius 3 is 2.55 bits per heavy atom. The molecule has 20 heavy (non-hydrogen) atoms. The molecule has 0 unspecified atom stereocenters. The van der Waals surface area contributed by atoms with E-state index < -0.39 is 0 Å². The standard InChI is InChI=1S/C16H18N2O2/c1-20-12-11-18(13-15-9-5-6-10-17-15)16(19)14-7-3-2-4-8-14/h2-10H,11-13H2,1H3. The van der Waals surface area contributed by atoms with E-state index in [9.17, 15) is 4.79 Å². The van der Waals surface area contributed by atoms with Gasteiger partial charge in [0.25, 0.3) is 5.91 Å². The highest BCUT2D eigenvalue weighted by molar-refractivity contribution is 5.94. The number of nitrogens with zero attached hydrogens (tertiary/aromatic N) is 2. The van der Waals surface area contributed by atoms with Gasteiger partial charge >= 0.3 is 0 Å². The van der Waals surface area contributed by atoms with Gasteiger partial charge in [-0.1, -0.05) is 24.3 Å². The molecule has 1 heterocycles. The van der Waals surface area contributed by atoms with Gasteiger partial charge < -0.3 is 9.64 Å². The SMILES string of the molecule is COCCN(Cc1ccccn1)C(=O)c1ccccc1. The first-order valence-electron chi connectivity index (χ1n) is 6.54. The zero-order valence-corrected chi connectivity index (χ0v) is 11.5. The second kappa shape index (κ2) is 7.40. The summed E-state index contributed by atoms with van der Waals surface area (Å²) in [5.41, 5.74) is 1.55. The number of hydrogen-bond acceptors (Lipinski definition) is 3. The largest absolute Gasteiger partial charge is 0.383 e. The second-order valence-electron chi connectivity index (χ2n) is 4.41. The van der Waals surface area contributed by atoms with Crippen molar-refractivity contribution in [1.29, 1.82) is 0 Å². The molecule has 1 aromatic carbocycles. The van der Waals surface area contributed by atoms with Gasteiger partial charge in [-0.15, -0.1) is 0 Å². The number of ether oxygens (including phenoxy) is 1. The predicted molar refractivity (Wildman–Crippen MR) is 77.3 cm³/mol. The van der Waals surface area contributed by atoms with Crippen molar-refractivity contribution in [2.24, 2.45) is 0 Å². The molecule has 4 heteroatoms. The quantitative estimate of drug-likeness (QED) is 0.809. The summed E-state index contributed by atoms with van der Waals surface area (Å²) in [6, 6.07) is 15.0. The molecule has 0 fully saturated rings. The fraction of sp³-hybridized carbons (Fsp3) is 0.250. The molecule has 2 aromatic rings. The van der Waals surface area contributed by atoms with Crippen molar-refractivity contribution in [2.75, 3.05) is 20.3 Å². The van der Waals surface area contributed by atoms with Crippen LogP contribution in [0.5, 0.6) is 0 Å². The van der Waals surface area contributed by atoms with Gasteiger partial charge in [0, 0.05) is 25.4 Å². The Bertz CT molecular complexity index is 529. The first-order valence-corrected chi connectivity index (χ1v) is 6.54. The van der Waals surface area contributed by atoms with Crippen LogP contribution >= 0.6 is 0 Å². The zero-order valence-electron chi connectivity index (χ0n) is 11.5. The first-order chi connectivity index (χ1) is 9.81. The van der Waals surface area contributed by atoms with E-state index >= 15 is 0 Å². The Morgan fingerprint density at radius 1 is 1.15 bits per heavy atom. The minimum absolute atomic E-state index is 0.00620. The molecule has 4 nitrogen and oxygen atoms in total. The highest BCUT2D eigenvalue weighted by Crippen LogP contribution is 2.08. The Balaban J connectivity index is 2.13.